The molecule has 0 aliphatic carbocycles. The lowest BCUT2D eigenvalue weighted by molar-refractivity contribution is 0.876. The zero-order chi connectivity index (χ0) is 18.0. The summed E-state index contributed by atoms with van der Waals surface area (Å²) in [5.74, 6) is 1.06. The van der Waals surface area contributed by atoms with Crippen molar-refractivity contribution in [1.82, 2.24) is 0 Å². The van der Waals surface area contributed by atoms with Gasteiger partial charge in [-0.25, -0.2) is 0 Å². The van der Waals surface area contributed by atoms with Gasteiger partial charge in [0.25, 0.3) is 0 Å². The van der Waals surface area contributed by atoms with E-state index in [1.807, 2.05) is 0 Å². The Balaban J connectivity index is 2.11. The van der Waals surface area contributed by atoms with Gasteiger partial charge in [0.15, 0.2) is 0 Å². The zero-order valence-electron chi connectivity index (χ0n) is 15.9. The Morgan fingerprint density at radius 3 is 1.15 bits per heavy atom. The molecule has 0 aromatic heterocycles. The topological polar surface area (TPSA) is 0 Å². The molecule has 0 N–H and O–H groups in total. The quantitative estimate of drug-likeness (QED) is 0.226. The molecule has 0 bridgehead atoms. The van der Waals surface area contributed by atoms with Gasteiger partial charge in [0.2, 0.25) is 0 Å². The third kappa shape index (κ3) is 1.96. The normalized spacial score (nSPS) is 12.5. The number of hydrogen-bond donors (Lipinski definition) is 0. The molecule has 5 aromatic carbocycles. The van der Waals surface area contributed by atoms with Crippen LogP contribution in [0.2, 0.25) is 0 Å². The van der Waals surface area contributed by atoms with E-state index in [1.165, 1.54) is 54.2 Å². The van der Waals surface area contributed by atoms with Crippen molar-refractivity contribution in [2.75, 3.05) is 0 Å². The standard InChI is InChI=1S/C26H24/c1-15(2)17-11-13-23-24-14-12-18(16(3)4)20-8-6-10-22(26(20)24)21-9-5-7-19(17)25(21)23/h5-16H,1-4H3. The van der Waals surface area contributed by atoms with E-state index < -0.39 is 0 Å². The van der Waals surface area contributed by atoms with Gasteiger partial charge in [-0.05, 0) is 66.1 Å². The van der Waals surface area contributed by atoms with Gasteiger partial charge in [0, 0.05) is 0 Å². The highest BCUT2D eigenvalue weighted by Gasteiger charge is 2.17. The molecule has 0 unspecified atom stereocenters. The molecule has 0 aliphatic rings. The lowest BCUT2D eigenvalue weighted by atomic mass is 9.84. The minimum absolute atomic E-state index is 0.528. The smallest absolute Gasteiger partial charge is 0.00235 e. The number of hydrogen-bond acceptors (Lipinski definition) is 0. The van der Waals surface area contributed by atoms with E-state index in [4.69, 9.17) is 0 Å². The molecule has 128 valence electrons. The highest BCUT2D eigenvalue weighted by Crippen LogP contribution is 2.43. The second-order valence-corrected chi connectivity index (χ2v) is 8.17. The van der Waals surface area contributed by atoms with Crippen molar-refractivity contribution in [3.8, 4) is 0 Å². The Morgan fingerprint density at radius 1 is 0.423 bits per heavy atom. The van der Waals surface area contributed by atoms with Gasteiger partial charge in [-0.1, -0.05) is 88.4 Å². The molecule has 0 saturated carbocycles. The molecule has 0 heteroatoms. The van der Waals surface area contributed by atoms with Crippen molar-refractivity contribution >= 4 is 43.1 Å². The molecule has 0 atom stereocenters. The first-order chi connectivity index (χ1) is 12.6. The fraction of sp³-hybridized carbons (Fsp3) is 0.231. The largest absolute Gasteiger partial charge is 0.0610 e. The Bertz CT molecular complexity index is 1150. The van der Waals surface area contributed by atoms with Crippen LogP contribution < -0.4 is 0 Å². The molecule has 0 fully saturated rings. The summed E-state index contributed by atoms with van der Waals surface area (Å²) in [6, 6.07) is 23.0. The molecule has 0 heterocycles. The monoisotopic (exact) mass is 336 g/mol. The van der Waals surface area contributed by atoms with Crippen molar-refractivity contribution in [3.63, 3.8) is 0 Å². The van der Waals surface area contributed by atoms with Crippen LogP contribution in [0, 0.1) is 0 Å². The second-order valence-electron chi connectivity index (χ2n) is 8.17. The predicted octanol–water partition coefficient (Wildman–Crippen LogP) is 7.98. The van der Waals surface area contributed by atoms with Gasteiger partial charge >= 0.3 is 0 Å². The molecule has 0 nitrogen and oxygen atoms in total. The summed E-state index contributed by atoms with van der Waals surface area (Å²) in [4.78, 5) is 0. The van der Waals surface area contributed by atoms with Gasteiger partial charge in [-0.3, -0.25) is 0 Å². The van der Waals surface area contributed by atoms with Crippen LogP contribution in [-0.4, -0.2) is 0 Å². The number of benzene rings is 5. The average molecular weight is 336 g/mol. The minimum atomic E-state index is 0.528. The van der Waals surface area contributed by atoms with Crippen LogP contribution in [0.15, 0.2) is 60.7 Å². The average Bonchev–Trinajstić information content (AvgIpc) is 2.64. The van der Waals surface area contributed by atoms with Crippen molar-refractivity contribution < 1.29 is 0 Å². The molecule has 5 rings (SSSR count). The summed E-state index contributed by atoms with van der Waals surface area (Å²) in [6.45, 7) is 9.15. The van der Waals surface area contributed by atoms with Gasteiger partial charge in [0.1, 0.15) is 0 Å². The van der Waals surface area contributed by atoms with E-state index >= 15 is 0 Å². The molecule has 0 aliphatic heterocycles. The fourth-order valence-electron chi connectivity index (χ4n) is 4.76. The molecule has 26 heavy (non-hydrogen) atoms. The molecule has 0 spiro atoms. The van der Waals surface area contributed by atoms with E-state index in [2.05, 4.69) is 88.4 Å². The van der Waals surface area contributed by atoms with Crippen LogP contribution in [0.25, 0.3) is 43.1 Å². The number of rotatable bonds is 2. The first kappa shape index (κ1) is 15.6. The van der Waals surface area contributed by atoms with Crippen LogP contribution in [-0.2, 0) is 0 Å². The molecular weight excluding hydrogens is 312 g/mol. The molecule has 0 amide bonds. The van der Waals surface area contributed by atoms with Crippen molar-refractivity contribution in [3.05, 3.63) is 71.8 Å². The van der Waals surface area contributed by atoms with Gasteiger partial charge in [-0.2, -0.15) is 0 Å². The molecule has 0 saturated heterocycles. The number of fused-ring (bicyclic) bond motifs is 2. The van der Waals surface area contributed by atoms with Crippen LogP contribution in [0.3, 0.4) is 0 Å². The second kappa shape index (κ2) is 5.45. The summed E-state index contributed by atoms with van der Waals surface area (Å²) in [6.07, 6.45) is 0. The maximum Gasteiger partial charge on any atom is -0.00235 e. The van der Waals surface area contributed by atoms with E-state index in [0.29, 0.717) is 11.8 Å². The highest BCUT2D eigenvalue weighted by atomic mass is 14.2. The maximum absolute atomic E-state index is 2.35. The molecule has 0 radical (unpaired) electrons. The lowest BCUT2D eigenvalue weighted by Crippen LogP contribution is -1.95. The van der Waals surface area contributed by atoms with Crippen LogP contribution in [0.4, 0.5) is 0 Å². The van der Waals surface area contributed by atoms with Crippen LogP contribution in [0.5, 0.6) is 0 Å². The fourth-order valence-corrected chi connectivity index (χ4v) is 4.76. The van der Waals surface area contributed by atoms with Gasteiger partial charge in [-0.15, -0.1) is 0 Å². The summed E-state index contributed by atoms with van der Waals surface area (Å²) >= 11 is 0. The molecular formula is C26H24. The Kier molecular flexibility index (Phi) is 3.28. The summed E-state index contributed by atoms with van der Waals surface area (Å²) in [5, 5.41) is 11.2. The lowest BCUT2D eigenvalue weighted by Gasteiger charge is -2.19. The van der Waals surface area contributed by atoms with Crippen molar-refractivity contribution in [2.45, 2.75) is 39.5 Å². The first-order valence-corrected chi connectivity index (χ1v) is 9.70. The van der Waals surface area contributed by atoms with E-state index in [0.717, 1.165) is 0 Å². The van der Waals surface area contributed by atoms with Gasteiger partial charge < -0.3 is 0 Å². The van der Waals surface area contributed by atoms with Crippen molar-refractivity contribution in [2.24, 2.45) is 0 Å². The van der Waals surface area contributed by atoms with E-state index in [1.54, 1.807) is 0 Å². The van der Waals surface area contributed by atoms with Crippen LogP contribution >= 0.6 is 0 Å². The van der Waals surface area contributed by atoms with Gasteiger partial charge in [0.05, 0.1) is 0 Å². The SMILES string of the molecule is CC(C)c1ccc2c3ccc(C(C)C)c4cccc(c5cccc1c52)c43. The van der Waals surface area contributed by atoms with Crippen molar-refractivity contribution in [1.29, 1.82) is 0 Å². The third-order valence-electron chi connectivity index (χ3n) is 5.97. The zero-order valence-corrected chi connectivity index (χ0v) is 15.9. The third-order valence-corrected chi connectivity index (χ3v) is 5.97. The van der Waals surface area contributed by atoms with Crippen LogP contribution in [0.1, 0.15) is 50.7 Å². The maximum atomic E-state index is 2.35. The van der Waals surface area contributed by atoms with E-state index in [-0.39, 0.29) is 0 Å². The summed E-state index contributed by atoms with van der Waals surface area (Å²) < 4.78 is 0. The Hall–Kier alpha value is -2.60. The minimum Gasteiger partial charge on any atom is -0.0610 e. The van der Waals surface area contributed by atoms with E-state index in [9.17, 15) is 0 Å². The first-order valence-electron chi connectivity index (χ1n) is 9.70. The summed E-state index contributed by atoms with van der Waals surface area (Å²) in [7, 11) is 0. The Labute approximate surface area is 154 Å². The molecule has 5 aromatic rings. The predicted molar refractivity (Wildman–Crippen MR) is 116 cm³/mol. The Morgan fingerprint density at radius 2 is 0.769 bits per heavy atom. The summed E-state index contributed by atoms with van der Waals surface area (Å²) in [5.41, 5.74) is 2.89. The highest BCUT2D eigenvalue weighted by molar-refractivity contribution is 6.33.